The summed E-state index contributed by atoms with van der Waals surface area (Å²) in [6.45, 7) is 2.51. The van der Waals surface area contributed by atoms with Crippen LogP contribution in [-0.2, 0) is 4.79 Å². The fourth-order valence-corrected chi connectivity index (χ4v) is 1.89. The molecule has 23 heavy (non-hydrogen) atoms. The predicted octanol–water partition coefficient (Wildman–Crippen LogP) is 3.65. The molecule has 0 aromatic heterocycles. The van der Waals surface area contributed by atoms with Crippen molar-refractivity contribution in [2.75, 3.05) is 11.9 Å². The fourth-order valence-electron chi connectivity index (χ4n) is 1.89. The maximum Gasteiger partial charge on any atom is 0.271 e. The highest BCUT2D eigenvalue weighted by atomic mass is 16.6. The highest BCUT2D eigenvalue weighted by Crippen LogP contribution is 2.17. The summed E-state index contributed by atoms with van der Waals surface area (Å²) in [7, 11) is 0. The van der Waals surface area contributed by atoms with E-state index in [-0.39, 0.29) is 11.6 Å². The van der Waals surface area contributed by atoms with E-state index in [9.17, 15) is 14.9 Å². The molecule has 2 aromatic carbocycles. The monoisotopic (exact) mass is 312 g/mol. The number of nitro groups is 1. The molecular formula is C17H16N2O4. The summed E-state index contributed by atoms with van der Waals surface area (Å²) >= 11 is 0. The lowest BCUT2D eigenvalue weighted by Crippen LogP contribution is -2.07. The van der Waals surface area contributed by atoms with E-state index in [2.05, 4.69) is 5.32 Å². The van der Waals surface area contributed by atoms with Gasteiger partial charge < -0.3 is 10.1 Å². The molecule has 6 heteroatoms. The number of carbonyl (C=O) groups is 1. The van der Waals surface area contributed by atoms with E-state index in [1.54, 1.807) is 12.1 Å². The molecule has 0 aliphatic carbocycles. The average Bonchev–Trinajstić information content (AvgIpc) is 2.55. The summed E-state index contributed by atoms with van der Waals surface area (Å²) in [5, 5.41) is 13.3. The molecule has 6 nitrogen and oxygen atoms in total. The number of nitro benzene ring substituents is 1. The first-order chi connectivity index (χ1) is 11.1. The fraction of sp³-hybridized carbons (Fsp3) is 0.118. The minimum absolute atomic E-state index is 0.0710. The van der Waals surface area contributed by atoms with Gasteiger partial charge in [0, 0.05) is 23.9 Å². The molecule has 0 saturated carbocycles. The van der Waals surface area contributed by atoms with Gasteiger partial charge in [-0.05, 0) is 36.8 Å². The Bertz CT molecular complexity index is 724. The van der Waals surface area contributed by atoms with Crippen molar-refractivity contribution < 1.29 is 14.5 Å². The first-order valence-corrected chi connectivity index (χ1v) is 7.05. The molecule has 0 fully saturated rings. The second kappa shape index (κ2) is 7.74. The smallest absolute Gasteiger partial charge is 0.271 e. The summed E-state index contributed by atoms with van der Waals surface area (Å²) in [6, 6.07) is 13.1. The zero-order valence-corrected chi connectivity index (χ0v) is 12.6. The number of anilines is 1. The minimum atomic E-state index is -0.509. The molecule has 2 rings (SSSR count). The van der Waals surface area contributed by atoms with Crippen molar-refractivity contribution in [3.8, 4) is 5.75 Å². The highest BCUT2D eigenvalue weighted by molar-refractivity contribution is 6.02. The van der Waals surface area contributed by atoms with Crippen molar-refractivity contribution in [2.45, 2.75) is 6.92 Å². The summed E-state index contributed by atoms with van der Waals surface area (Å²) in [6.07, 6.45) is 3.02. The van der Waals surface area contributed by atoms with E-state index < -0.39 is 4.92 Å². The van der Waals surface area contributed by atoms with Crippen LogP contribution in [0.4, 0.5) is 11.4 Å². The standard InChI is InChI=1S/C17H16N2O4/c1-2-23-16-9-6-13(7-10-16)8-11-17(20)18-14-4-3-5-15(12-14)19(21)22/h3-12H,2H2,1H3,(H,18,20). The molecule has 0 aliphatic heterocycles. The average molecular weight is 312 g/mol. The van der Waals surface area contributed by atoms with Crippen molar-refractivity contribution in [1.82, 2.24) is 0 Å². The van der Waals surface area contributed by atoms with E-state index in [0.29, 0.717) is 12.3 Å². The molecule has 1 amide bonds. The number of nitrogens with zero attached hydrogens (tertiary/aromatic N) is 1. The molecule has 118 valence electrons. The number of benzene rings is 2. The molecule has 0 unspecified atom stereocenters. The second-order valence-electron chi connectivity index (χ2n) is 4.63. The molecule has 0 atom stereocenters. The van der Waals surface area contributed by atoms with Crippen LogP contribution in [0.1, 0.15) is 12.5 Å². The molecule has 0 heterocycles. The molecule has 0 spiro atoms. The van der Waals surface area contributed by atoms with Gasteiger partial charge in [-0.15, -0.1) is 0 Å². The van der Waals surface area contributed by atoms with E-state index in [0.717, 1.165) is 11.3 Å². The maximum atomic E-state index is 11.8. The Morgan fingerprint density at radius 1 is 1.26 bits per heavy atom. The molecule has 2 aromatic rings. The third-order valence-corrected chi connectivity index (χ3v) is 2.94. The minimum Gasteiger partial charge on any atom is -0.494 e. The molecule has 0 aliphatic rings. The van der Waals surface area contributed by atoms with Crippen molar-refractivity contribution in [3.05, 3.63) is 70.3 Å². The Morgan fingerprint density at radius 3 is 2.65 bits per heavy atom. The van der Waals surface area contributed by atoms with Crippen LogP contribution in [0.5, 0.6) is 5.75 Å². The number of carbonyl (C=O) groups excluding carboxylic acids is 1. The molecule has 0 saturated heterocycles. The lowest BCUT2D eigenvalue weighted by molar-refractivity contribution is -0.384. The number of ether oxygens (including phenoxy) is 1. The summed E-state index contributed by atoms with van der Waals surface area (Å²) in [4.78, 5) is 22.0. The predicted molar refractivity (Wildman–Crippen MR) is 88.4 cm³/mol. The van der Waals surface area contributed by atoms with Gasteiger partial charge in [-0.3, -0.25) is 14.9 Å². The van der Waals surface area contributed by atoms with Crippen LogP contribution in [0.3, 0.4) is 0 Å². The van der Waals surface area contributed by atoms with Gasteiger partial charge in [-0.2, -0.15) is 0 Å². The van der Waals surface area contributed by atoms with Crippen molar-refractivity contribution in [1.29, 1.82) is 0 Å². The number of hydrogen-bond donors (Lipinski definition) is 1. The van der Waals surface area contributed by atoms with Crippen molar-refractivity contribution in [2.24, 2.45) is 0 Å². The third-order valence-electron chi connectivity index (χ3n) is 2.94. The Balaban J connectivity index is 1.98. The Morgan fingerprint density at radius 2 is 2.00 bits per heavy atom. The van der Waals surface area contributed by atoms with Gasteiger partial charge in [0.25, 0.3) is 5.69 Å². The van der Waals surface area contributed by atoms with Gasteiger partial charge in [0.2, 0.25) is 5.91 Å². The lowest BCUT2D eigenvalue weighted by Gasteiger charge is -2.03. The number of hydrogen-bond acceptors (Lipinski definition) is 4. The van der Waals surface area contributed by atoms with Gasteiger partial charge in [-0.1, -0.05) is 18.2 Å². The largest absolute Gasteiger partial charge is 0.494 e. The number of amides is 1. The van der Waals surface area contributed by atoms with Gasteiger partial charge in [0.1, 0.15) is 5.75 Å². The van der Waals surface area contributed by atoms with Gasteiger partial charge in [-0.25, -0.2) is 0 Å². The van der Waals surface area contributed by atoms with E-state index in [1.165, 1.54) is 24.3 Å². The van der Waals surface area contributed by atoms with Gasteiger partial charge >= 0.3 is 0 Å². The first kappa shape index (κ1) is 16.2. The van der Waals surface area contributed by atoms with Crippen molar-refractivity contribution in [3.63, 3.8) is 0 Å². The van der Waals surface area contributed by atoms with Crippen LogP contribution in [0, 0.1) is 10.1 Å². The maximum absolute atomic E-state index is 11.8. The lowest BCUT2D eigenvalue weighted by atomic mass is 10.2. The van der Waals surface area contributed by atoms with E-state index >= 15 is 0 Å². The van der Waals surface area contributed by atoms with Crippen LogP contribution in [-0.4, -0.2) is 17.4 Å². The Hall–Kier alpha value is -3.15. The molecule has 0 radical (unpaired) electrons. The SMILES string of the molecule is CCOc1ccc(C=CC(=O)Nc2cccc([N+](=O)[O-])c2)cc1. The van der Waals surface area contributed by atoms with Crippen LogP contribution < -0.4 is 10.1 Å². The second-order valence-corrected chi connectivity index (χ2v) is 4.63. The highest BCUT2D eigenvalue weighted by Gasteiger charge is 2.06. The third kappa shape index (κ3) is 4.96. The number of rotatable bonds is 6. The Kier molecular flexibility index (Phi) is 5.46. The van der Waals surface area contributed by atoms with Gasteiger partial charge in [0.15, 0.2) is 0 Å². The summed E-state index contributed by atoms with van der Waals surface area (Å²) < 4.78 is 5.34. The zero-order chi connectivity index (χ0) is 16.7. The van der Waals surface area contributed by atoms with E-state index in [4.69, 9.17) is 4.74 Å². The first-order valence-electron chi connectivity index (χ1n) is 7.05. The van der Waals surface area contributed by atoms with Crippen LogP contribution in [0.25, 0.3) is 6.08 Å². The quantitative estimate of drug-likeness (QED) is 0.501. The summed E-state index contributed by atoms with van der Waals surface area (Å²) in [5.74, 6) is 0.407. The zero-order valence-electron chi connectivity index (χ0n) is 12.6. The van der Waals surface area contributed by atoms with Gasteiger partial charge in [0.05, 0.1) is 11.5 Å². The molecule has 0 bridgehead atoms. The summed E-state index contributed by atoms with van der Waals surface area (Å²) in [5.41, 5.74) is 1.15. The number of nitrogens with one attached hydrogen (secondary N) is 1. The Labute approximate surface area is 133 Å². The number of non-ortho nitro benzene ring substituents is 1. The van der Waals surface area contributed by atoms with E-state index in [1.807, 2.05) is 31.2 Å². The van der Waals surface area contributed by atoms with Crippen LogP contribution in [0.15, 0.2) is 54.6 Å². The van der Waals surface area contributed by atoms with Crippen LogP contribution >= 0.6 is 0 Å². The molecule has 1 N–H and O–H groups in total. The van der Waals surface area contributed by atoms with Crippen molar-refractivity contribution >= 4 is 23.4 Å². The molecular weight excluding hydrogens is 296 g/mol. The normalized spacial score (nSPS) is 10.5. The van der Waals surface area contributed by atoms with Crippen LogP contribution in [0.2, 0.25) is 0 Å². The topological polar surface area (TPSA) is 81.5 Å².